The van der Waals surface area contributed by atoms with E-state index in [-0.39, 0.29) is 37.8 Å². The molecule has 1 saturated carbocycles. The van der Waals surface area contributed by atoms with Gasteiger partial charge in [0.15, 0.2) is 0 Å². The number of nitrogens with zero attached hydrogens (tertiary/aromatic N) is 1. The third-order valence-electron chi connectivity index (χ3n) is 7.49. The van der Waals surface area contributed by atoms with Gasteiger partial charge in [-0.05, 0) is 95.2 Å². The Morgan fingerprint density at radius 1 is 1.05 bits per heavy atom. The number of phenols is 1. The van der Waals surface area contributed by atoms with E-state index in [1.165, 1.54) is 12.1 Å². The highest BCUT2D eigenvalue weighted by Gasteiger charge is 2.42. The molecule has 2 unspecified atom stereocenters. The maximum absolute atomic E-state index is 14.6. The maximum atomic E-state index is 14.6. The summed E-state index contributed by atoms with van der Waals surface area (Å²) in [5, 5.41) is 15.4. The lowest BCUT2D eigenvalue weighted by atomic mass is 9.86. The molecule has 10 nitrogen and oxygen atoms in total. The number of alkyl carbamates (subject to hydrolysis) is 1. The van der Waals surface area contributed by atoms with Crippen LogP contribution in [0.2, 0.25) is 0 Å². The van der Waals surface area contributed by atoms with Gasteiger partial charge in [-0.15, -0.1) is 0 Å². The number of phenolic OH excluding ortho intramolecular Hbond substituents is 1. The number of carbonyl (C=O) groups excluding carboxylic acids is 4. The molecule has 234 valence electrons. The monoisotopic (exact) mass is 595 g/mol. The SMILES string of the molecule is CCOC(=O)CCNC(=O)C(c1cccc(C)c1C)N(C(=O)C(Cc1ccc(O)cc1)NC(=O)OC(C)(C)C)C1CCC1. The lowest BCUT2D eigenvalue weighted by Crippen LogP contribution is -2.58. The number of ether oxygens (including phenoxy) is 2. The second kappa shape index (κ2) is 14.9. The van der Waals surface area contributed by atoms with E-state index in [1.54, 1.807) is 44.7 Å². The topological polar surface area (TPSA) is 134 Å². The second-order valence-electron chi connectivity index (χ2n) is 11.9. The van der Waals surface area contributed by atoms with Crippen molar-refractivity contribution >= 4 is 23.9 Å². The summed E-state index contributed by atoms with van der Waals surface area (Å²) in [6.07, 6.45) is 1.69. The Morgan fingerprint density at radius 2 is 1.72 bits per heavy atom. The van der Waals surface area contributed by atoms with Gasteiger partial charge in [-0.25, -0.2) is 4.79 Å². The van der Waals surface area contributed by atoms with E-state index in [0.29, 0.717) is 24.0 Å². The predicted octanol–water partition coefficient (Wildman–Crippen LogP) is 4.64. The molecule has 2 atom stereocenters. The van der Waals surface area contributed by atoms with Crippen LogP contribution < -0.4 is 10.6 Å². The van der Waals surface area contributed by atoms with Gasteiger partial charge in [-0.2, -0.15) is 0 Å². The van der Waals surface area contributed by atoms with Crippen molar-refractivity contribution in [2.24, 2.45) is 0 Å². The fourth-order valence-electron chi connectivity index (χ4n) is 4.99. The minimum atomic E-state index is -1.06. The number of hydrogen-bond donors (Lipinski definition) is 3. The summed E-state index contributed by atoms with van der Waals surface area (Å²) in [5.74, 6) is -1.18. The Morgan fingerprint density at radius 3 is 2.30 bits per heavy atom. The van der Waals surface area contributed by atoms with E-state index in [1.807, 2.05) is 32.0 Å². The summed E-state index contributed by atoms with van der Waals surface area (Å²) in [6, 6.07) is 9.77. The average molecular weight is 596 g/mol. The van der Waals surface area contributed by atoms with Crippen LogP contribution in [0.25, 0.3) is 0 Å². The standard InChI is InChI=1S/C33H45N3O7/c1-7-42-28(38)18-19-34-30(39)29(26-13-8-10-21(2)22(26)3)36(24-11-9-12-24)31(40)27(35-32(41)43-33(4,5)6)20-23-14-16-25(37)17-15-23/h8,10,13-17,24,27,29,37H,7,9,11-12,18-20H2,1-6H3,(H,34,39)(H,35,41). The minimum Gasteiger partial charge on any atom is -0.508 e. The van der Waals surface area contributed by atoms with E-state index in [9.17, 15) is 24.3 Å². The third kappa shape index (κ3) is 9.46. The van der Waals surface area contributed by atoms with Crippen LogP contribution in [0.5, 0.6) is 5.75 Å². The van der Waals surface area contributed by atoms with Crippen molar-refractivity contribution in [2.75, 3.05) is 13.2 Å². The molecule has 3 N–H and O–H groups in total. The van der Waals surface area contributed by atoms with Crippen LogP contribution in [0, 0.1) is 13.8 Å². The Balaban J connectivity index is 2.03. The van der Waals surface area contributed by atoms with Crippen LogP contribution in [0.4, 0.5) is 4.79 Å². The van der Waals surface area contributed by atoms with E-state index in [0.717, 1.165) is 17.5 Å². The molecule has 1 aliphatic carbocycles. The molecular formula is C33H45N3O7. The molecule has 0 spiro atoms. The zero-order valence-electron chi connectivity index (χ0n) is 26.1. The molecule has 0 aromatic heterocycles. The molecular weight excluding hydrogens is 550 g/mol. The molecule has 0 heterocycles. The highest BCUT2D eigenvalue weighted by molar-refractivity contribution is 5.93. The lowest BCUT2D eigenvalue weighted by Gasteiger charge is -2.44. The normalized spacial score (nSPS) is 14.6. The molecule has 1 fully saturated rings. The molecule has 0 bridgehead atoms. The summed E-state index contributed by atoms with van der Waals surface area (Å²) in [7, 11) is 0. The van der Waals surface area contributed by atoms with Crippen molar-refractivity contribution in [1.29, 1.82) is 0 Å². The van der Waals surface area contributed by atoms with Crippen molar-refractivity contribution < 1.29 is 33.8 Å². The van der Waals surface area contributed by atoms with Gasteiger partial charge in [0, 0.05) is 19.0 Å². The fourth-order valence-corrected chi connectivity index (χ4v) is 4.99. The first-order valence-electron chi connectivity index (χ1n) is 14.9. The minimum absolute atomic E-state index is 0.000150. The van der Waals surface area contributed by atoms with Gasteiger partial charge in [0.25, 0.3) is 0 Å². The molecule has 3 amide bonds. The molecule has 2 aromatic carbocycles. The Labute approximate surface area is 254 Å². The maximum Gasteiger partial charge on any atom is 0.408 e. The summed E-state index contributed by atoms with van der Waals surface area (Å²) in [5.41, 5.74) is 2.44. The largest absolute Gasteiger partial charge is 0.508 e. The molecule has 0 saturated heterocycles. The number of esters is 1. The first-order chi connectivity index (χ1) is 20.3. The van der Waals surface area contributed by atoms with Crippen molar-refractivity contribution in [3.63, 3.8) is 0 Å². The number of benzene rings is 2. The Bertz CT molecular complexity index is 1280. The van der Waals surface area contributed by atoms with Gasteiger partial charge >= 0.3 is 12.1 Å². The molecule has 10 heteroatoms. The number of carbonyl (C=O) groups is 4. The number of aryl methyl sites for hydroxylation is 1. The summed E-state index contributed by atoms with van der Waals surface area (Å²) in [6.45, 7) is 11.1. The number of rotatable bonds is 12. The van der Waals surface area contributed by atoms with Crippen LogP contribution in [-0.2, 0) is 30.3 Å². The van der Waals surface area contributed by atoms with Crippen molar-refractivity contribution in [3.05, 3.63) is 64.7 Å². The molecule has 3 rings (SSSR count). The van der Waals surface area contributed by atoms with E-state index >= 15 is 0 Å². The number of nitrogens with one attached hydrogen (secondary N) is 2. The quantitative estimate of drug-likeness (QED) is 0.305. The van der Waals surface area contributed by atoms with Gasteiger partial charge in [-0.3, -0.25) is 14.4 Å². The van der Waals surface area contributed by atoms with Gasteiger partial charge in [-0.1, -0.05) is 30.3 Å². The predicted molar refractivity (Wildman–Crippen MR) is 162 cm³/mol. The zero-order valence-corrected chi connectivity index (χ0v) is 26.1. The lowest BCUT2D eigenvalue weighted by molar-refractivity contribution is -0.148. The zero-order chi connectivity index (χ0) is 31.7. The molecule has 1 aliphatic rings. The van der Waals surface area contributed by atoms with Crippen LogP contribution in [0.1, 0.15) is 81.7 Å². The number of hydrogen-bond acceptors (Lipinski definition) is 7. The van der Waals surface area contributed by atoms with Crippen molar-refractivity contribution in [3.8, 4) is 5.75 Å². The van der Waals surface area contributed by atoms with Crippen LogP contribution in [-0.4, -0.2) is 64.7 Å². The van der Waals surface area contributed by atoms with Crippen molar-refractivity contribution in [2.45, 2.75) is 97.4 Å². The first-order valence-corrected chi connectivity index (χ1v) is 14.9. The van der Waals surface area contributed by atoms with Gasteiger partial charge in [0.2, 0.25) is 11.8 Å². The van der Waals surface area contributed by atoms with Gasteiger partial charge in [0.05, 0.1) is 13.0 Å². The highest BCUT2D eigenvalue weighted by atomic mass is 16.6. The third-order valence-corrected chi connectivity index (χ3v) is 7.49. The second-order valence-corrected chi connectivity index (χ2v) is 11.9. The van der Waals surface area contributed by atoms with E-state index in [2.05, 4.69) is 10.6 Å². The van der Waals surface area contributed by atoms with E-state index < -0.39 is 41.6 Å². The van der Waals surface area contributed by atoms with Crippen molar-refractivity contribution in [1.82, 2.24) is 15.5 Å². The summed E-state index contributed by atoms with van der Waals surface area (Å²) < 4.78 is 10.5. The number of aromatic hydroxyl groups is 1. The van der Waals surface area contributed by atoms with E-state index in [4.69, 9.17) is 9.47 Å². The molecule has 2 aromatic rings. The fraction of sp³-hybridized carbons (Fsp3) is 0.515. The summed E-state index contributed by atoms with van der Waals surface area (Å²) >= 11 is 0. The summed E-state index contributed by atoms with van der Waals surface area (Å²) in [4.78, 5) is 55.1. The Kier molecular flexibility index (Phi) is 11.6. The molecule has 43 heavy (non-hydrogen) atoms. The molecule has 0 radical (unpaired) electrons. The van der Waals surface area contributed by atoms with Crippen LogP contribution in [0.3, 0.4) is 0 Å². The van der Waals surface area contributed by atoms with Crippen LogP contribution >= 0.6 is 0 Å². The number of amides is 3. The van der Waals surface area contributed by atoms with Crippen LogP contribution in [0.15, 0.2) is 42.5 Å². The average Bonchev–Trinajstić information content (AvgIpc) is 2.89. The van der Waals surface area contributed by atoms with Gasteiger partial charge < -0.3 is 30.1 Å². The first kappa shape index (κ1) is 33.4. The highest BCUT2D eigenvalue weighted by Crippen LogP contribution is 2.35. The Hall–Kier alpha value is -4.08. The molecule has 0 aliphatic heterocycles. The smallest absolute Gasteiger partial charge is 0.408 e. The van der Waals surface area contributed by atoms with Gasteiger partial charge in [0.1, 0.15) is 23.4 Å².